The van der Waals surface area contributed by atoms with Crippen LogP contribution in [-0.4, -0.2) is 52.9 Å². The number of carbonyl (C=O) groups is 1. The average Bonchev–Trinajstić information content (AvgIpc) is 2.46. The highest BCUT2D eigenvalue weighted by molar-refractivity contribution is 5.81. The van der Waals surface area contributed by atoms with Gasteiger partial charge >= 0.3 is 5.69 Å². The second kappa shape index (κ2) is 5.83. The Morgan fingerprint density at radius 1 is 1.45 bits per heavy atom. The van der Waals surface area contributed by atoms with Crippen molar-refractivity contribution in [3.05, 3.63) is 28.4 Å². The third-order valence-corrected chi connectivity index (χ3v) is 3.24. The first-order chi connectivity index (χ1) is 9.50. The van der Waals surface area contributed by atoms with Crippen LogP contribution in [0, 0.1) is 10.1 Å². The van der Waals surface area contributed by atoms with Crippen LogP contribution in [-0.2, 0) is 4.79 Å². The zero-order valence-electron chi connectivity index (χ0n) is 11.2. The number of rotatable bonds is 3. The maximum atomic E-state index is 11.8. The fourth-order valence-corrected chi connectivity index (χ4v) is 2.20. The van der Waals surface area contributed by atoms with Crippen molar-refractivity contribution in [2.24, 2.45) is 5.73 Å². The molecule has 2 heterocycles. The summed E-state index contributed by atoms with van der Waals surface area (Å²) in [7, 11) is 0. The maximum absolute atomic E-state index is 11.8. The summed E-state index contributed by atoms with van der Waals surface area (Å²) in [6, 6.07) is 2.45. The van der Waals surface area contributed by atoms with Gasteiger partial charge in [0.1, 0.15) is 0 Å². The molecule has 1 saturated heterocycles. The summed E-state index contributed by atoms with van der Waals surface area (Å²) in [5, 5.41) is 11.0. The minimum absolute atomic E-state index is 0.0144. The van der Waals surface area contributed by atoms with Crippen LogP contribution < -0.4 is 10.6 Å². The number of piperazine rings is 1. The molecule has 1 fully saturated rings. The average molecular weight is 279 g/mol. The molecule has 0 bridgehead atoms. The van der Waals surface area contributed by atoms with Crippen LogP contribution in [0.2, 0.25) is 0 Å². The Morgan fingerprint density at radius 2 is 2.10 bits per heavy atom. The third-order valence-electron chi connectivity index (χ3n) is 3.24. The number of aromatic nitrogens is 1. The van der Waals surface area contributed by atoms with E-state index in [0.29, 0.717) is 32.0 Å². The number of amides is 1. The molecule has 108 valence electrons. The fraction of sp³-hybridized carbons (Fsp3) is 0.500. The van der Waals surface area contributed by atoms with Gasteiger partial charge in [0.15, 0.2) is 0 Å². The Kier molecular flexibility index (Phi) is 4.14. The standard InChI is InChI=1S/C12H17N5O3/c1-9(13)12(18)16-7-5-15(6-8-16)11-10(17(19)20)3-2-4-14-11/h2-4,9H,5-8,13H2,1H3/t9-/m0/s1. The predicted octanol–water partition coefficient (Wildman–Crippen LogP) is -0.0144. The minimum atomic E-state index is -0.522. The summed E-state index contributed by atoms with van der Waals surface area (Å²) in [4.78, 5) is 29.9. The maximum Gasteiger partial charge on any atom is 0.311 e. The highest BCUT2D eigenvalue weighted by Gasteiger charge is 2.27. The van der Waals surface area contributed by atoms with Crippen molar-refractivity contribution < 1.29 is 9.72 Å². The lowest BCUT2D eigenvalue weighted by molar-refractivity contribution is -0.384. The molecule has 0 aliphatic carbocycles. The molecule has 8 nitrogen and oxygen atoms in total. The number of anilines is 1. The normalized spacial score (nSPS) is 16.9. The molecular weight excluding hydrogens is 262 g/mol. The zero-order valence-corrected chi connectivity index (χ0v) is 11.2. The van der Waals surface area contributed by atoms with Crippen molar-refractivity contribution in [3.8, 4) is 0 Å². The molecule has 0 aromatic carbocycles. The molecule has 0 spiro atoms. The van der Waals surface area contributed by atoms with Gasteiger partial charge in [-0.05, 0) is 13.0 Å². The Morgan fingerprint density at radius 3 is 2.65 bits per heavy atom. The third kappa shape index (κ3) is 2.85. The molecule has 1 aromatic heterocycles. The number of hydrogen-bond acceptors (Lipinski definition) is 6. The van der Waals surface area contributed by atoms with Gasteiger partial charge < -0.3 is 15.5 Å². The van der Waals surface area contributed by atoms with E-state index in [0.717, 1.165) is 0 Å². The summed E-state index contributed by atoms with van der Waals surface area (Å²) in [5.74, 6) is 0.255. The van der Waals surface area contributed by atoms with E-state index >= 15 is 0 Å². The lowest BCUT2D eigenvalue weighted by atomic mass is 10.2. The van der Waals surface area contributed by atoms with Crippen molar-refractivity contribution in [1.82, 2.24) is 9.88 Å². The first kappa shape index (κ1) is 14.2. The molecular formula is C12H17N5O3. The van der Waals surface area contributed by atoms with E-state index in [2.05, 4.69) is 4.98 Å². The van der Waals surface area contributed by atoms with Crippen LogP contribution in [0.3, 0.4) is 0 Å². The number of nitrogens with zero attached hydrogens (tertiary/aromatic N) is 4. The van der Waals surface area contributed by atoms with E-state index in [-0.39, 0.29) is 11.6 Å². The van der Waals surface area contributed by atoms with Crippen LogP contribution in [0.15, 0.2) is 18.3 Å². The van der Waals surface area contributed by atoms with Crippen molar-refractivity contribution >= 4 is 17.4 Å². The van der Waals surface area contributed by atoms with Gasteiger partial charge in [-0.25, -0.2) is 4.98 Å². The Labute approximate surface area is 116 Å². The Bertz CT molecular complexity index is 512. The predicted molar refractivity (Wildman–Crippen MR) is 73.3 cm³/mol. The van der Waals surface area contributed by atoms with Crippen molar-refractivity contribution in [3.63, 3.8) is 0 Å². The van der Waals surface area contributed by atoms with Gasteiger partial charge in [-0.15, -0.1) is 0 Å². The van der Waals surface area contributed by atoms with Crippen LogP contribution in [0.5, 0.6) is 0 Å². The lowest BCUT2D eigenvalue weighted by Gasteiger charge is -2.35. The topological polar surface area (TPSA) is 106 Å². The van der Waals surface area contributed by atoms with Gasteiger partial charge in [-0.3, -0.25) is 14.9 Å². The highest BCUT2D eigenvalue weighted by Crippen LogP contribution is 2.25. The van der Waals surface area contributed by atoms with E-state index in [1.54, 1.807) is 11.8 Å². The number of nitrogens with two attached hydrogens (primary N) is 1. The first-order valence-electron chi connectivity index (χ1n) is 6.39. The van der Waals surface area contributed by atoms with Gasteiger partial charge in [0.2, 0.25) is 11.7 Å². The second-order valence-corrected chi connectivity index (χ2v) is 4.70. The molecule has 0 saturated carbocycles. The van der Waals surface area contributed by atoms with Crippen LogP contribution in [0.4, 0.5) is 11.5 Å². The van der Waals surface area contributed by atoms with Crippen LogP contribution in [0.25, 0.3) is 0 Å². The molecule has 0 unspecified atom stereocenters. The van der Waals surface area contributed by atoms with Crippen molar-refractivity contribution in [1.29, 1.82) is 0 Å². The number of carbonyl (C=O) groups excluding carboxylic acids is 1. The van der Waals surface area contributed by atoms with E-state index in [1.165, 1.54) is 18.3 Å². The molecule has 1 aliphatic heterocycles. The number of nitro groups is 1. The summed E-state index contributed by atoms with van der Waals surface area (Å²) in [5.41, 5.74) is 5.56. The smallest absolute Gasteiger partial charge is 0.311 e. The van der Waals surface area contributed by atoms with E-state index in [9.17, 15) is 14.9 Å². The quantitative estimate of drug-likeness (QED) is 0.616. The first-order valence-corrected chi connectivity index (χ1v) is 6.39. The van der Waals surface area contributed by atoms with E-state index in [4.69, 9.17) is 5.73 Å². The molecule has 20 heavy (non-hydrogen) atoms. The van der Waals surface area contributed by atoms with Gasteiger partial charge in [0, 0.05) is 38.4 Å². The molecule has 2 rings (SSSR count). The Balaban J connectivity index is 2.08. The van der Waals surface area contributed by atoms with Gasteiger partial charge in [0.25, 0.3) is 0 Å². The molecule has 8 heteroatoms. The Hall–Kier alpha value is -2.22. The minimum Gasteiger partial charge on any atom is -0.347 e. The largest absolute Gasteiger partial charge is 0.347 e. The lowest BCUT2D eigenvalue weighted by Crippen LogP contribution is -2.52. The second-order valence-electron chi connectivity index (χ2n) is 4.70. The summed E-state index contributed by atoms with van der Waals surface area (Å²) in [6.45, 7) is 3.66. The van der Waals surface area contributed by atoms with Crippen LogP contribution >= 0.6 is 0 Å². The van der Waals surface area contributed by atoms with Gasteiger partial charge in [-0.1, -0.05) is 0 Å². The van der Waals surface area contributed by atoms with E-state index < -0.39 is 11.0 Å². The number of hydrogen-bond donors (Lipinski definition) is 1. The monoisotopic (exact) mass is 279 g/mol. The van der Waals surface area contributed by atoms with Crippen LogP contribution in [0.1, 0.15) is 6.92 Å². The van der Waals surface area contributed by atoms with Gasteiger partial charge in [-0.2, -0.15) is 0 Å². The van der Waals surface area contributed by atoms with E-state index in [1.807, 2.05) is 4.90 Å². The molecule has 0 radical (unpaired) electrons. The molecule has 1 atom stereocenters. The summed E-state index contributed by atoms with van der Waals surface area (Å²) >= 11 is 0. The van der Waals surface area contributed by atoms with Gasteiger partial charge in [0.05, 0.1) is 11.0 Å². The van der Waals surface area contributed by atoms with Crippen molar-refractivity contribution in [2.75, 3.05) is 31.1 Å². The highest BCUT2D eigenvalue weighted by atomic mass is 16.6. The molecule has 2 N–H and O–H groups in total. The summed E-state index contributed by atoms with van der Waals surface area (Å²) < 4.78 is 0. The number of pyridine rings is 1. The molecule has 1 aromatic rings. The zero-order chi connectivity index (χ0) is 14.7. The SMILES string of the molecule is C[C@H](N)C(=O)N1CCN(c2ncccc2[N+](=O)[O-])CC1. The fourth-order valence-electron chi connectivity index (χ4n) is 2.20. The van der Waals surface area contributed by atoms with Crippen molar-refractivity contribution in [2.45, 2.75) is 13.0 Å². The molecule has 1 amide bonds. The summed E-state index contributed by atoms with van der Waals surface area (Å²) in [6.07, 6.45) is 1.53. The molecule has 1 aliphatic rings.